The van der Waals surface area contributed by atoms with Gasteiger partial charge < -0.3 is 15.4 Å². The van der Waals surface area contributed by atoms with E-state index in [-0.39, 0.29) is 0 Å². The second kappa shape index (κ2) is 7.40. The molecular weight excluding hydrogens is 284 g/mol. The minimum Gasteiger partial charge on any atom is -0.492 e. The van der Waals surface area contributed by atoms with Crippen LogP contribution in [-0.2, 0) is 12.8 Å². The molecule has 0 unspecified atom stereocenters. The molecule has 1 heterocycles. The average Bonchev–Trinajstić information content (AvgIpc) is 2.58. The largest absolute Gasteiger partial charge is 0.492 e. The lowest BCUT2D eigenvalue weighted by Gasteiger charge is -2.31. The summed E-state index contributed by atoms with van der Waals surface area (Å²) in [6.45, 7) is 4.90. The van der Waals surface area contributed by atoms with Gasteiger partial charge in [0.2, 0.25) is 0 Å². The average molecular weight is 310 g/mol. The summed E-state index contributed by atoms with van der Waals surface area (Å²) in [7, 11) is 0. The van der Waals surface area contributed by atoms with Gasteiger partial charge in [-0.25, -0.2) is 0 Å². The lowest BCUT2D eigenvalue weighted by Crippen LogP contribution is -2.30. The van der Waals surface area contributed by atoms with Gasteiger partial charge >= 0.3 is 0 Å². The van der Waals surface area contributed by atoms with Gasteiger partial charge in [-0.15, -0.1) is 0 Å². The molecule has 0 saturated carbocycles. The first-order valence-corrected chi connectivity index (χ1v) is 8.62. The van der Waals surface area contributed by atoms with Gasteiger partial charge in [-0.1, -0.05) is 24.3 Å². The van der Waals surface area contributed by atoms with E-state index in [9.17, 15) is 0 Å². The quantitative estimate of drug-likeness (QED) is 0.818. The van der Waals surface area contributed by atoms with E-state index in [2.05, 4.69) is 41.3 Å². The van der Waals surface area contributed by atoms with E-state index in [1.165, 1.54) is 36.2 Å². The zero-order valence-corrected chi connectivity index (χ0v) is 13.9. The molecule has 0 fully saturated rings. The molecule has 0 saturated heterocycles. The van der Waals surface area contributed by atoms with Crippen molar-refractivity contribution in [2.24, 2.45) is 0 Å². The van der Waals surface area contributed by atoms with Crippen molar-refractivity contribution in [3.8, 4) is 5.75 Å². The molecule has 2 N–H and O–H groups in total. The Kier molecular flexibility index (Phi) is 5.06. The summed E-state index contributed by atoms with van der Waals surface area (Å²) in [4.78, 5) is 2.52. The van der Waals surface area contributed by atoms with E-state index in [1.54, 1.807) is 0 Å². The Hall–Kier alpha value is -2.16. The van der Waals surface area contributed by atoms with Gasteiger partial charge in [0, 0.05) is 18.8 Å². The number of nitrogens with zero attached hydrogens (tertiary/aromatic N) is 1. The Morgan fingerprint density at radius 3 is 2.87 bits per heavy atom. The summed E-state index contributed by atoms with van der Waals surface area (Å²) in [5, 5.41) is 0. The lowest BCUT2D eigenvalue weighted by molar-refractivity contribution is 0.342. The summed E-state index contributed by atoms with van der Waals surface area (Å²) < 4.78 is 5.50. The predicted octanol–water partition coefficient (Wildman–Crippen LogP) is 4.05. The van der Waals surface area contributed by atoms with Gasteiger partial charge in [0.15, 0.2) is 0 Å². The molecule has 1 aliphatic rings. The molecule has 2 aromatic carbocycles. The van der Waals surface area contributed by atoms with E-state index in [1.807, 2.05) is 13.0 Å². The predicted molar refractivity (Wildman–Crippen MR) is 97.3 cm³/mol. The number of nitrogens with two attached hydrogens (primary N) is 1. The molecule has 0 aromatic heterocycles. The van der Waals surface area contributed by atoms with Crippen LogP contribution in [0.2, 0.25) is 0 Å². The Labute approximate surface area is 139 Å². The normalized spacial score (nSPS) is 13.7. The number of hydrogen-bond acceptors (Lipinski definition) is 3. The Bertz CT molecular complexity index is 654. The fourth-order valence-corrected chi connectivity index (χ4v) is 3.36. The zero-order chi connectivity index (χ0) is 16.1. The highest BCUT2D eigenvalue weighted by Crippen LogP contribution is 2.27. The number of rotatable bonds is 6. The van der Waals surface area contributed by atoms with Crippen LogP contribution in [0.3, 0.4) is 0 Å². The van der Waals surface area contributed by atoms with Crippen molar-refractivity contribution in [2.45, 2.75) is 32.6 Å². The maximum atomic E-state index is 6.05. The number of fused-ring (bicyclic) bond motifs is 1. The van der Waals surface area contributed by atoms with Gasteiger partial charge in [-0.2, -0.15) is 0 Å². The maximum Gasteiger partial charge on any atom is 0.142 e. The summed E-state index contributed by atoms with van der Waals surface area (Å²) in [5.41, 5.74) is 11.0. The molecule has 3 rings (SSSR count). The fourth-order valence-electron chi connectivity index (χ4n) is 3.36. The molecule has 0 atom stereocenters. The summed E-state index contributed by atoms with van der Waals surface area (Å²) in [6.07, 6.45) is 4.66. The Morgan fingerprint density at radius 2 is 2.04 bits per heavy atom. The van der Waals surface area contributed by atoms with Crippen molar-refractivity contribution in [1.29, 1.82) is 0 Å². The Balaban J connectivity index is 1.57. The third-order valence-electron chi connectivity index (χ3n) is 4.47. The molecular formula is C20H26N2O. The van der Waals surface area contributed by atoms with Crippen molar-refractivity contribution in [2.75, 3.05) is 30.3 Å². The molecule has 3 heteroatoms. The van der Waals surface area contributed by atoms with E-state index in [4.69, 9.17) is 10.5 Å². The van der Waals surface area contributed by atoms with E-state index >= 15 is 0 Å². The second-order valence-corrected chi connectivity index (χ2v) is 6.13. The lowest BCUT2D eigenvalue weighted by atomic mass is 10.0. The highest BCUT2D eigenvalue weighted by atomic mass is 16.5. The van der Waals surface area contributed by atoms with Crippen LogP contribution < -0.4 is 15.4 Å². The smallest absolute Gasteiger partial charge is 0.142 e. The fraction of sp³-hybridized carbons (Fsp3) is 0.400. The second-order valence-electron chi connectivity index (χ2n) is 6.13. The van der Waals surface area contributed by atoms with Crippen molar-refractivity contribution in [3.63, 3.8) is 0 Å². The molecule has 23 heavy (non-hydrogen) atoms. The minimum absolute atomic E-state index is 0.651. The third-order valence-corrected chi connectivity index (χ3v) is 4.47. The molecule has 0 radical (unpaired) electrons. The van der Waals surface area contributed by atoms with E-state index in [0.717, 1.165) is 30.8 Å². The monoisotopic (exact) mass is 310 g/mol. The standard InChI is InChI=1S/C20H26N2O/c1-2-23-20-12-11-16(15-18(20)21)7-5-13-22-14-6-9-17-8-3-4-10-19(17)22/h3-4,8,10-12,15H,2,5-7,9,13-14,21H2,1H3. The molecule has 0 aliphatic carbocycles. The van der Waals surface area contributed by atoms with Crippen LogP contribution in [0.1, 0.15) is 30.9 Å². The first kappa shape index (κ1) is 15.7. The number of para-hydroxylation sites is 1. The number of hydrogen-bond donors (Lipinski definition) is 1. The number of anilines is 2. The molecule has 3 nitrogen and oxygen atoms in total. The van der Waals surface area contributed by atoms with Crippen LogP contribution in [0.5, 0.6) is 5.75 Å². The maximum absolute atomic E-state index is 6.05. The number of ether oxygens (including phenoxy) is 1. The SMILES string of the molecule is CCOc1ccc(CCCN2CCCc3ccccc32)cc1N. The first-order valence-electron chi connectivity index (χ1n) is 8.62. The molecule has 0 bridgehead atoms. The van der Waals surface area contributed by atoms with Gasteiger partial charge in [-0.05, 0) is 61.9 Å². The molecule has 2 aromatic rings. The van der Waals surface area contributed by atoms with Crippen molar-refractivity contribution in [1.82, 2.24) is 0 Å². The number of benzene rings is 2. The summed E-state index contributed by atoms with van der Waals surface area (Å²) in [6, 6.07) is 15.0. The molecule has 0 spiro atoms. The van der Waals surface area contributed by atoms with Crippen molar-refractivity contribution >= 4 is 11.4 Å². The van der Waals surface area contributed by atoms with Gasteiger partial charge in [0.05, 0.1) is 12.3 Å². The third kappa shape index (κ3) is 3.79. The van der Waals surface area contributed by atoms with Crippen molar-refractivity contribution in [3.05, 3.63) is 53.6 Å². The number of aryl methyl sites for hydroxylation is 2. The number of nitrogen functional groups attached to an aromatic ring is 1. The van der Waals surface area contributed by atoms with Gasteiger partial charge in [0.1, 0.15) is 5.75 Å². The van der Waals surface area contributed by atoms with E-state index in [0.29, 0.717) is 6.61 Å². The van der Waals surface area contributed by atoms with Crippen LogP contribution in [-0.4, -0.2) is 19.7 Å². The molecule has 0 amide bonds. The highest BCUT2D eigenvalue weighted by Gasteiger charge is 2.15. The van der Waals surface area contributed by atoms with Crippen LogP contribution in [0.25, 0.3) is 0 Å². The van der Waals surface area contributed by atoms with Crippen LogP contribution >= 0.6 is 0 Å². The summed E-state index contributed by atoms with van der Waals surface area (Å²) >= 11 is 0. The van der Waals surface area contributed by atoms with Gasteiger partial charge in [0.25, 0.3) is 0 Å². The highest BCUT2D eigenvalue weighted by molar-refractivity contribution is 5.56. The molecule has 1 aliphatic heterocycles. The van der Waals surface area contributed by atoms with Crippen LogP contribution in [0.15, 0.2) is 42.5 Å². The van der Waals surface area contributed by atoms with Crippen LogP contribution in [0, 0.1) is 0 Å². The zero-order valence-electron chi connectivity index (χ0n) is 13.9. The first-order chi connectivity index (χ1) is 11.3. The van der Waals surface area contributed by atoms with E-state index < -0.39 is 0 Å². The topological polar surface area (TPSA) is 38.5 Å². The summed E-state index contributed by atoms with van der Waals surface area (Å²) in [5.74, 6) is 0.793. The molecule has 122 valence electrons. The Morgan fingerprint density at radius 1 is 1.17 bits per heavy atom. The van der Waals surface area contributed by atoms with Crippen LogP contribution in [0.4, 0.5) is 11.4 Å². The minimum atomic E-state index is 0.651. The van der Waals surface area contributed by atoms with Crippen molar-refractivity contribution < 1.29 is 4.74 Å². The van der Waals surface area contributed by atoms with Gasteiger partial charge in [-0.3, -0.25) is 0 Å².